The maximum absolute atomic E-state index is 13.0. The Hall–Kier alpha value is -1.26. The largest absolute Gasteiger partial charge is 0.396 e. The van der Waals surface area contributed by atoms with E-state index < -0.39 is 10.0 Å². The van der Waals surface area contributed by atoms with Gasteiger partial charge >= 0.3 is 0 Å². The molecule has 2 aromatic rings. The Morgan fingerprint density at radius 1 is 1.40 bits per heavy atom. The van der Waals surface area contributed by atoms with Crippen LogP contribution in [0.25, 0.3) is 0 Å². The third-order valence-corrected chi connectivity index (χ3v) is 7.59. The molecule has 2 aliphatic heterocycles. The van der Waals surface area contributed by atoms with E-state index in [-0.39, 0.29) is 29.4 Å². The van der Waals surface area contributed by atoms with Gasteiger partial charge in [0.25, 0.3) is 0 Å². The van der Waals surface area contributed by atoms with Crippen molar-refractivity contribution >= 4 is 21.4 Å². The smallest absolute Gasteiger partial charge is 0.246 e. The van der Waals surface area contributed by atoms with Crippen LogP contribution in [-0.2, 0) is 14.8 Å². The fraction of sp³-hybridized carbons (Fsp3) is 0.562. The lowest BCUT2D eigenvalue weighted by molar-refractivity contribution is 0.184. The molecule has 0 bridgehead atoms. The van der Waals surface area contributed by atoms with E-state index in [1.807, 2.05) is 16.8 Å². The van der Waals surface area contributed by atoms with Gasteiger partial charge in [0, 0.05) is 44.3 Å². The molecule has 2 saturated heterocycles. The molecule has 0 aromatic carbocycles. The van der Waals surface area contributed by atoms with Gasteiger partial charge in [-0.2, -0.15) is 20.7 Å². The van der Waals surface area contributed by atoms with Crippen LogP contribution >= 0.6 is 11.3 Å². The van der Waals surface area contributed by atoms with E-state index in [2.05, 4.69) is 5.10 Å². The van der Waals surface area contributed by atoms with Crippen LogP contribution in [0, 0.1) is 5.92 Å². The Bertz CT molecular complexity index is 812. The highest BCUT2D eigenvalue weighted by Gasteiger charge is 2.40. The van der Waals surface area contributed by atoms with E-state index in [1.165, 1.54) is 10.5 Å². The van der Waals surface area contributed by atoms with Gasteiger partial charge in [0.2, 0.25) is 10.0 Å². The second-order valence-electron chi connectivity index (χ2n) is 6.60. The van der Waals surface area contributed by atoms with Gasteiger partial charge in [0.1, 0.15) is 4.90 Å². The van der Waals surface area contributed by atoms with Crippen molar-refractivity contribution in [3.63, 3.8) is 0 Å². The number of nitrogens with zero attached hydrogens (tertiary/aromatic N) is 3. The van der Waals surface area contributed by atoms with Gasteiger partial charge in [-0.1, -0.05) is 0 Å². The molecule has 1 N–H and O–H groups in total. The summed E-state index contributed by atoms with van der Waals surface area (Å²) in [6.07, 6.45) is 3.86. The molecule has 0 amide bonds. The molecule has 0 unspecified atom stereocenters. The molecule has 0 saturated carbocycles. The average Bonchev–Trinajstić information content (AvgIpc) is 3.42. The fourth-order valence-electron chi connectivity index (χ4n) is 3.61. The minimum atomic E-state index is -3.61. The van der Waals surface area contributed by atoms with Gasteiger partial charge in [-0.25, -0.2) is 8.42 Å². The SMILES string of the molecule is O=S(=O)(c1cnn([C@@H]2CCOC2)c1)N1C[C@H](CO)[C@H](c2ccsc2)C1. The maximum atomic E-state index is 13.0. The molecule has 4 rings (SSSR count). The first kappa shape index (κ1) is 17.2. The molecule has 9 heteroatoms. The molecule has 0 spiro atoms. The summed E-state index contributed by atoms with van der Waals surface area (Å²) >= 11 is 1.59. The molecule has 136 valence electrons. The van der Waals surface area contributed by atoms with E-state index in [0.29, 0.717) is 26.3 Å². The molecule has 4 heterocycles. The number of aromatic nitrogens is 2. The minimum absolute atomic E-state index is 0.0226. The monoisotopic (exact) mass is 383 g/mol. The van der Waals surface area contributed by atoms with Gasteiger partial charge in [-0.15, -0.1) is 0 Å². The Labute approximate surface area is 150 Å². The highest BCUT2D eigenvalue weighted by molar-refractivity contribution is 7.89. The van der Waals surface area contributed by atoms with E-state index in [9.17, 15) is 13.5 Å². The molecule has 2 aliphatic rings. The quantitative estimate of drug-likeness (QED) is 0.841. The lowest BCUT2D eigenvalue weighted by atomic mass is 9.92. The van der Waals surface area contributed by atoms with Crippen molar-refractivity contribution < 1.29 is 18.3 Å². The van der Waals surface area contributed by atoms with Gasteiger partial charge in [0.05, 0.1) is 18.8 Å². The van der Waals surface area contributed by atoms with Crippen LogP contribution in [0.2, 0.25) is 0 Å². The molecule has 3 atom stereocenters. The Balaban J connectivity index is 1.56. The van der Waals surface area contributed by atoms with Gasteiger partial charge < -0.3 is 9.84 Å². The first-order valence-corrected chi connectivity index (χ1v) is 10.7. The molecule has 0 aliphatic carbocycles. The van der Waals surface area contributed by atoms with Crippen molar-refractivity contribution in [1.29, 1.82) is 0 Å². The Kier molecular flexibility index (Phi) is 4.67. The summed E-state index contributed by atoms with van der Waals surface area (Å²) in [5.41, 5.74) is 1.10. The summed E-state index contributed by atoms with van der Waals surface area (Å²) in [5.74, 6) is -0.0491. The van der Waals surface area contributed by atoms with Crippen LogP contribution in [0.5, 0.6) is 0 Å². The molecular formula is C16H21N3O4S2. The lowest BCUT2D eigenvalue weighted by Gasteiger charge is -2.15. The zero-order chi connectivity index (χ0) is 17.4. The van der Waals surface area contributed by atoms with Crippen molar-refractivity contribution in [3.05, 3.63) is 34.8 Å². The average molecular weight is 383 g/mol. The Morgan fingerprint density at radius 2 is 2.28 bits per heavy atom. The first-order valence-electron chi connectivity index (χ1n) is 8.34. The molecule has 25 heavy (non-hydrogen) atoms. The van der Waals surface area contributed by atoms with Crippen LogP contribution in [0.4, 0.5) is 0 Å². The van der Waals surface area contributed by atoms with Crippen molar-refractivity contribution in [3.8, 4) is 0 Å². The van der Waals surface area contributed by atoms with Crippen molar-refractivity contribution in [2.24, 2.45) is 5.92 Å². The highest BCUT2D eigenvalue weighted by atomic mass is 32.2. The third-order valence-electron chi connectivity index (χ3n) is 5.11. The molecule has 7 nitrogen and oxygen atoms in total. The number of rotatable bonds is 5. The van der Waals surface area contributed by atoms with E-state index >= 15 is 0 Å². The van der Waals surface area contributed by atoms with Crippen LogP contribution in [-0.4, -0.2) is 60.5 Å². The predicted octanol–water partition coefficient (Wildman–Crippen LogP) is 1.30. The normalized spacial score (nSPS) is 28.0. The standard InChI is InChI=1S/C16H21N3O4S2/c20-9-13-6-18(8-16(13)12-2-4-24-11-12)25(21,22)15-5-17-19(7-15)14-1-3-23-10-14/h2,4-5,7,11,13-14,16,20H,1,3,6,8-10H2/t13-,14-,16+/m1/s1. The second kappa shape index (κ2) is 6.81. The number of ether oxygens (including phenoxy) is 1. The topological polar surface area (TPSA) is 84.7 Å². The van der Waals surface area contributed by atoms with Gasteiger partial charge in [-0.05, 0) is 28.8 Å². The number of sulfonamides is 1. The lowest BCUT2D eigenvalue weighted by Crippen LogP contribution is -2.29. The van der Waals surface area contributed by atoms with E-state index in [1.54, 1.807) is 22.2 Å². The van der Waals surface area contributed by atoms with Gasteiger partial charge in [-0.3, -0.25) is 4.68 Å². The van der Waals surface area contributed by atoms with Crippen molar-refractivity contribution in [1.82, 2.24) is 14.1 Å². The molecule has 2 aromatic heterocycles. The van der Waals surface area contributed by atoms with E-state index in [4.69, 9.17) is 4.74 Å². The number of hydrogen-bond acceptors (Lipinski definition) is 6. The van der Waals surface area contributed by atoms with Gasteiger partial charge in [0.15, 0.2) is 0 Å². The summed E-state index contributed by atoms with van der Waals surface area (Å²) in [6.45, 7) is 1.95. The van der Waals surface area contributed by atoms with E-state index in [0.717, 1.165) is 12.0 Å². The molecule has 0 radical (unpaired) electrons. The summed E-state index contributed by atoms with van der Waals surface area (Å²) in [5, 5.41) is 17.9. The van der Waals surface area contributed by atoms with Crippen LogP contribution in [0.3, 0.4) is 0 Å². The molecular weight excluding hydrogens is 362 g/mol. The Morgan fingerprint density at radius 3 is 2.96 bits per heavy atom. The zero-order valence-corrected chi connectivity index (χ0v) is 15.3. The predicted molar refractivity (Wildman–Crippen MR) is 93.1 cm³/mol. The minimum Gasteiger partial charge on any atom is -0.396 e. The van der Waals surface area contributed by atoms with Crippen LogP contribution in [0.15, 0.2) is 34.1 Å². The number of aliphatic hydroxyl groups excluding tert-OH is 1. The van der Waals surface area contributed by atoms with Crippen molar-refractivity contribution in [2.75, 3.05) is 32.9 Å². The molecule has 2 fully saturated rings. The highest BCUT2D eigenvalue weighted by Crippen LogP contribution is 2.36. The third kappa shape index (κ3) is 3.15. The first-order chi connectivity index (χ1) is 12.1. The maximum Gasteiger partial charge on any atom is 0.246 e. The summed E-state index contributed by atoms with van der Waals surface area (Å²) in [6, 6.07) is 2.11. The number of thiophene rings is 1. The number of aliphatic hydroxyl groups is 1. The zero-order valence-electron chi connectivity index (χ0n) is 13.7. The number of hydrogen-bond donors (Lipinski definition) is 1. The second-order valence-corrected chi connectivity index (χ2v) is 9.32. The summed E-state index contributed by atoms with van der Waals surface area (Å²) in [7, 11) is -3.61. The fourth-order valence-corrected chi connectivity index (χ4v) is 5.80. The summed E-state index contributed by atoms with van der Waals surface area (Å²) < 4.78 is 34.5. The van der Waals surface area contributed by atoms with Crippen molar-refractivity contribution in [2.45, 2.75) is 23.3 Å². The van der Waals surface area contributed by atoms with Crippen LogP contribution < -0.4 is 0 Å². The van der Waals surface area contributed by atoms with Crippen LogP contribution in [0.1, 0.15) is 23.9 Å². The summed E-state index contributed by atoms with van der Waals surface area (Å²) in [4.78, 5) is 0.210.